The second kappa shape index (κ2) is 9.52. The van der Waals surface area contributed by atoms with E-state index in [1.54, 1.807) is 43.4 Å². The van der Waals surface area contributed by atoms with E-state index in [1.807, 2.05) is 0 Å². The molecule has 1 aliphatic heterocycles. The molecule has 33 heavy (non-hydrogen) atoms. The topological polar surface area (TPSA) is 96.0 Å². The van der Waals surface area contributed by atoms with Gasteiger partial charge in [0.25, 0.3) is 5.91 Å². The first-order valence-corrected chi connectivity index (χ1v) is 12.6. The van der Waals surface area contributed by atoms with Gasteiger partial charge in [-0.3, -0.25) is 9.59 Å². The Morgan fingerprint density at radius 3 is 2.42 bits per heavy atom. The van der Waals surface area contributed by atoms with Crippen molar-refractivity contribution in [3.05, 3.63) is 48.0 Å². The van der Waals surface area contributed by atoms with Gasteiger partial charge >= 0.3 is 0 Å². The molecule has 0 unspecified atom stereocenters. The van der Waals surface area contributed by atoms with E-state index in [-0.39, 0.29) is 22.5 Å². The van der Waals surface area contributed by atoms with Crippen LogP contribution < -0.4 is 15.0 Å². The molecule has 0 bridgehead atoms. The summed E-state index contributed by atoms with van der Waals surface area (Å²) in [4.78, 5) is 27.2. The number of piperidine rings is 1. The third-order valence-corrected chi connectivity index (χ3v) is 8.04. The average Bonchev–Trinajstić information content (AvgIpc) is 3.69. The van der Waals surface area contributed by atoms with E-state index < -0.39 is 15.9 Å². The van der Waals surface area contributed by atoms with E-state index in [4.69, 9.17) is 4.74 Å². The summed E-state index contributed by atoms with van der Waals surface area (Å²) in [6.45, 7) is 0.938. The molecular weight excluding hydrogens is 442 g/mol. The number of sulfonamides is 1. The Bertz CT molecular complexity index is 1150. The van der Waals surface area contributed by atoms with E-state index >= 15 is 0 Å². The number of para-hydroxylation sites is 1. The molecule has 9 heteroatoms. The number of hydrogen-bond acceptors (Lipinski definition) is 5. The largest absolute Gasteiger partial charge is 0.495 e. The average molecular weight is 472 g/mol. The minimum Gasteiger partial charge on any atom is -0.495 e. The lowest BCUT2D eigenvalue weighted by molar-refractivity contribution is -0.119. The maximum Gasteiger partial charge on any atom is 0.257 e. The molecule has 8 nitrogen and oxygen atoms in total. The van der Waals surface area contributed by atoms with Crippen molar-refractivity contribution in [3.8, 4) is 5.75 Å². The normalized spacial score (nSPS) is 16.8. The van der Waals surface area contributed by atoms with Crippen molar-refractivity contribution in [1.82, 2.24) is 4.31 Å². The highest BCUT2D eigenvalue weighted by Crippen LogP contribution is 2.34. The summed E-state index contributed by atoms with van der Waals surface area (Å²) in [5.74, 6) is -0.175. The number of amides is 2. The number of nitrogens with zero attached hydrogens (tertiary/aromatic N) is 2. The van der Waals surface area contributed by atoms with Gasteiger partial charge in [-0.15, -0.1) is 0 Å². The summed E-state index contributed by atoms with van der Waals surface area (Å²) >= 11 is 0. The predicted octanol–water partition coefficient (Wildman–Crippen LogP) is 3.49. The fourth-order valence-corrected chi connectivity index (χ4v) is 5.78. The fraction of sp³-hybridized carbons (Fsp3) is 0.417. The highest BCUT2D eigenvalue weighted by Gasteiger charge is 2.34. The van der Waals surface area contributed by atoms with Crippen LogP contribution in [0, 0.1) is 5.92 Å². The third-order valence-electron chi connectivity index (χ3n) is 6.12. The molecule has 0 spiro atoms. The molecular formula is C24H29N3O5S. The van der Waals surface area contributed by atoms with Crippen LogP contribution >= 0.6 is 0 Å². The molecule has 1 heterocycles. The number of ether oxygens (including phenoxy) is 1. The van der Waals surface area contributed by atoms with Crippen LogP contribution in [0.1, 0.15) is 42.5 Å². The monoisotopic (exact) mass is 471 g/mol. The first-order valence-electron chi connectivity index (χ1n) is 11.2. The van der Waals surface area contributed by atoms with Crippen molar-refractivity contribution >= 4 is 33.2 Å². The molecule has 2 aliphatic rings. The molecule has 2 aromatic rings. The highest BCUT2D eigenvalue weighted by atomic mass is 32.2. The predicted molar refractivity (Wildman–Crippen MR) is 126 cm³/mol. The Hall–Kier alpha value is -2.91. The van der Waals surface area contributed by atoms with Crippen molar-refractivity contribution < 1.29 is 22.7 Å². The molecule has 2 aromatic carbocycles. The van der Waals surface area contributed by atoms with Crippen molar-refractivity contribution in [2.75, 3.05) is 37.5 Å². The van der Waals surface area contributed by atoms with Crippen LogP contribution in [-0.4, -0.2) is 51.8 Å². The van der Waals surface area contributed by atoms with Gasteiger partial charge in [-0.2, -0.15) is 4.31 Å². The van der Waals surface area contributed by atoms with Gasteiger partial charge in [0.15, 0.2) is 0 Å². The summed E-state index contributed by atoms with van der Waals surface area (Å²) in [7, 11) is -0.667. The van der Waals surface area contributed by atoms with E-state index in [1.165, 1.54) is 22.4 Å². The SMILES string of the molecule is COc1ccc(NC(=O)c2ccccc2N(C)C(=O)C2CC2)cc1S(=O)(=O)N1CCCCC1. The fourth-order valence-electron chi connectivity index (χ4n) is 4.08. The number of carbonyl (C=O) groups excluding carboxylic acids is 2. The zero-order valence-electron chi connectivity index (χ0n) is 18.9. The van der Waals surface area contributed by atoms with Crippen molar-refractivity contribution in [2.24, 2.45) is 5.92 Å². The summed E-state index contributed by atoms with van der Waals surface area (Å²) in [5, 5.41) is 2.79. The van der Waals surface area contributed by atoms with Crippen molar-refractivity contribution in [2.45, 2.75) is 37.0 Å². The zero-order chi connectivity index (χ0) is 23.6. The van der Waals surface area contributed by atoms with Crippen LogP contribution in [0.25, 0.3) is 0 Å². The molecule has 1 saturated carbocycles. The summed E-state index contributed by atoms with van der Waals surface area (Å²) < 4.78 is 33.3. The first kappa shape index (κ1) is 23.3. The second-order valence-electron chi connectivity index (χ2n) is 8.47. The van der Waals surface area contributed by atoms with Gasteiger partial charge in [0.05, 0.1) is 18.4 Å². The molecule has 1 aliphatic carbocycles. The van der Waals surface area contributed by atoms with Gasteiger partial charge in [0.1, 0.15) is 10.6 Å². The lowest BCUT2D eigenvalue weighted by atomic mass is 10.1. The van der Waals surface area contributed by atoms with E-state index in [9.17, 15) is 18.0 Å². The maximum absolute atomic E-state index is 13.3. The number of rotatable bonds is 7. The molecule has 0 atom stereocenters. The van der Waals surface area contributed by atoms with Gasteiger partial charge in [0.2, 0.25) is 15.9 Å². The van der Waals surface area contributed by atoms with Crippen LogP contribution in [-0.2, 0) is 14.8 Å². The van der Waals surface area contributed by atoms with Gasteiger partial charge in [-0.25, -0.2) is 8.42 Å². The molecule has 1 N–H and O–H groups in total. The van der Waals surface area contributed by atoms with Gasteiger partial charge in [0, 0.05) is 31.7 Å². The van der Waals surface area contributed by atoms with E-state index in [2.05, 4.69) is 5.32 Å². The molecule has 176 valence electrons. The van der Waals surface area contributed by atoms with Crippen molar-refractivity contribution in [1.29, 1.82) is 0 Å². The van der Waals surface area contributed by atoms with Crippen LogP contribution in [0.15, 0.2) is 47.4 Å². The number of benzene rings is 2. The van der Waals surface area contributed by atoms with Crippen molar-refractivity contribution in [3.63, 3.8) is 0 Å². The van der Waals surface area contributed by atoms with E-state index in [0.29, 0.717) is 30.0 Å². The summed E-state index contributed by atoms with van der Waals surface area (Å²) in [6.07, 6.45) is 4.40. The Balaban J connectivity index is 1.61. The van der Waals surface area contributed by atoms with E-state index in [0.717, 1.165) is 32.1 Å². The third kappa shape index (κ3) is 4.89. The Morgan fingerprint density at radius 1 is 1.06 bits per heavy atom. The Kier molecular flexibility index (Phi) is 6.71. The molecule has 0 radical (unpaired) electrons. The number of anilines is 2. The van der Waals surface area contributed by atoms with Crippen LogP contribution in [0.2, 0.25) is 0 Å². The minimum atomic E-state index is -3.76. The molecule has 2 amide bonds. The van der Waals surface area contributed by atoms with Crippen LogP contribution in [0.5, 0.6) is 5.75 Å². The smallest absolute Gasteiger partial charge is 0.257 e. The summed E-state index contributed by atoms with van der Waals surface area (Å²) in [5.41, 5.74) is 1.19. The standard InChI is InChI=1S/C24H29N3O5S/c1-26(24(29)17-10-11-17)20-9-5-4-8-19(20)23(28)25-18-12-13-21(32-2)22(16-18)33(30,31)27-14-6-3-7-15-27/h4-5,8-9,12-13,16-17H,3,6-7,10-11,14-15H2,1-2H3,(H,25,28). The highest BCUT2D eigenvalue weighted by molar-refractivity contribution is 7.89. The Morgan fingerprint density at radius 2 is 1.76 bits per heavy atom. The lowest BCUT2D eigenvalue weighted by Crippen LogP contribution is -2.35. The molecule has 1 saturated heterocycles. The summed E-state index contributed by atoms with van der Waals surface area (Å²) in [6, 6.07) is 11.5. The molecule has 0 aromatic heterocycles. The van der Waals surface area contributed by atoms with Gasteiger partial charge in [-0.05, 0) is 56.0 Å². The first-order chi connectivity index (χ1) is 15.8. The molecule has 2 fully saturated rings. The van der Waals surface area contributed by atoms with Crippen LogP contribution in [0.4, 0.5) is 11.4 Å². The molecule has 4 rings (SSSR count). The zero-order valence-corrected chi connectivity index (χ0v) is 19.7. The number of methoxy groups -OCH3 is 1. The van der Waals surface area contributed by atoms with Gasteiger partial charge in [-0.1, -0.05) is 18.6 Å². The van der Waals surface area contributed by atoms with Crippen LogP contribution in [0.3, 0.4) is 0 Å². The number of hydrogen-bond donors (Lipinski definition) is 1. The number of nitrogens with one attached hydrogen (secondary N) is 1. The van der Waals surface area contributed by atoms with Gasteiger partial charge < -0.3 is 15.0 Å². The second-order valence-corrected chi connectivity index (χ2v) is 10.4. The lowest BCUT2D eigenvalue weighted by Gasteiger charge is -2.26. The minimum absolute atomic E-state index is 0.00499. The Labute approximate surface area is 194 Å². The quantitative estimate of drug-likeness (QED) is 0.667. The number of carbonyl (C=O) groups is 2. The maximum atomic E-state index is 13.3.